The van der Waals surface area contributed by atoms with Gasteiger partial charge in [-0.05, 0) is 40.5 Å². The van der Waals surface area contributed by atoms with E-state index in [2.05, 4.69) is 27.4 Å². The maximum atomic E-state index is 12.5. The van der Waals surface area contributed by atoms with E-state index in [9.17, 15) is 14.7 Å². The highest BCUT2D eigenvalue weighted by atomic mass is 32.2. The lowest BCUT2D eigenvalue weighted by Gasteiger charge is -2.17. The van der Waals surface area contributed by atoms with Gasteiger partial charge in [-0.2, -0.15) is 11.8 Å². The van der Waals surface area contributed by atoms with Crippen LogP contribution in [0, 0.1) is 0 Å². The van der Waals surface area contributed by atoms with Crippen LogP contribution in [0.4, 0.5) is 4.79 Å². The molecular weight excluding hydrogens is 464 g/mol. The molecule has 0 radical (unpaired) electrons. The number of carboxylic acids is 1. The molecule has 1 aliphatic rings. The summed E-state index contributed by atoms with van der Waals surface area (Å²) in [6.07, 6.45) is 5.01. The number of carbonyl (C=O) groups is 2. The number of nitrogens with one attached hydrogen (secondary N) is 1. The molecule has 1 atom stereocenters. The van der Waals surface area contributed by atoms with Crippen LogP contribution in [-0.2, 0) is 15.3 Å². The first-order valence-electron chi connectivity index (χ1n) is 11.3. The fourth-order valence-electron chi connectivity index (χ4n) is 4.37. The highest BCUT2D eigenvalue weighted by molar-refractivity contribution is 7.98. The summed E-state index contributed by atoms with van der Waals surface area (Å²) in [6.45, 7) is 0.142. The average Bonchev–Trinajstić information content (AvgIpc) is 3.43. The number of benzene rings is 2. The van der Waals surface area contributed by atoms with Crippen LogP contribution in [-0.4, -0.2) is 49.9 Å². The molecule has 4 aromatic rings. The highest BCUT2D eigenvalue weighted by Gasteiger charge is 2.29. The van der Waals surface area contributed by atoms with Gasteiger partial charge in [-0.3, -0.25) is 4.40 Å². The summed E-state index contributed by atoms with van der Waals surface area (Å²) in [5.74, 6) is 0.633. The molecular formula is C26H24N4O4S. The number of carbonyl (C=O) groups excluding carboxylic acids is 1. The Labute approximate surface area is 206 Å². The standard InChI is InChI=1S/C26H24N4O4S/c31-24(32)23(10-13-35-16-17-14-30-12-5-11-27-25(30)28-17)29-26(33)34-15-22-20-8-3-1-6-18(20)19-7-2-4-9-21(19)22/h1-9,11-12,14,22-23H,10,13,15-16H2,(H,29,33)(H,31,32). The van der Waals surface area contributed by atoms with Crippen molar-refractivity contribution in [2.24, 2.45) is 0 Å². The average molecular weight is 489 g/mol. The fourth-order valence-corrected chi connectivity index (χ4v) is 5.26. The number of amides is 1. The molecule has 1 amide bonds. The number of hydrogen-bond donors (Lipinski definition) is 2. The zero-order valence-electron chi connectivity index (χ0n) is 18.8. The quantitative estimate of drug-likeness (QED) is 0.338. The number of ether oxygens (including phenoxy) is 1. The number of rotatable bonds is 9. The van der Waals surface area contributed by atoms with Crippen LogP contribution in [0.15, 0.2) is 73.2 Å². The van der Waals surface area contributed by atoms with Gasteiger partial charge in [0.2, 0.25) is 5.78 Å². The zero-order valence-corrected chi connectivity index (χ0v) is 19.6. The van der Waals surface area contributed by atoms with Crippen LogP contribution in [0.3, 0.4) is 0 Å². The van der Waals surface area contributed by atoms with Crippen molar-refractivity contribution in [2.45, 2.75) is 24.1 Å². The molecule has 0 fully saturated rings. The summed E-state index contributed by atoms with van der Waals surface area (Å²) in [6, 6.07) is 16.9. The van der Waals surface area contributed by atoms with Crippen LogP contribution in [0.25, 0.3) is 16.9 Å². The van der Waals surface area contributed by atoms with E-state index in [0.717, 1.165) is 27.9 Å². The first kappa shape index (κ1) is 22.9. The summed E-state index contributed by atoms with van der Waals surface area (Å²) in [5.41, 5.74) is 5.35. The largest absolute Gasteiger partial charge is 0.480 e. The lowest BCUT2D eigenvalue weighted by molar-refractivity contribution is -0.139. The number of alkyl carbamates (subject to hydrolysis) is 1. The summed E-state index contributed by atoms with van der Waals surface area (Å²) in [4.78, 5) is 32.8. The number of carboxylic acid groups (broad SMARTS) is 1. The summed E-state index contributed by atoms with van der Waals surface area (Å²) in [7, 11) is 0. The second-order valence-corrected chi connectivity index (χ2v) is 9.37. The highest BCUT2D eigenvalue weighted by Crippen LogP contribution is 2.44. The lowest BCUT2D eigenvalue weighted by Crippen LogP contribution is -2.41. The van der Waals surface area contributed by atoms with Gasteiger partial charge in [0, 0.05) is 30.3 Å². The second kappa shape index (κ2) is 10.2. The van der Waals surface area contributed by atoms with Gasteiger partial charge in [0.25, 0.3) is 0 Å². The predicted molar refractivity (Wildman–Crippen MR) is 133 cm³/mol. The third-order valence-corrected chi connectivity index (χ3v) is 7.04. The minimum Gasteiger partial charge on any atom is -0.480 e. The van der Waals surface area contributed by atoms with Crippen molar-refractivity contribution in [3.63, 3.8) is 0 Å². The molecule has 9 heteroatoms. The van der Waals surface area contributed by atoms with E-state index in [1.54, 1.807) is 18.0 Å². The van der Waals surface area contributed by atoms with Crippen LogP contribution >= 0.6 is 11.8 Å². The van der Waals surface area contributed by atoms with Crippen molar-refractivity contribution in [1.29, 1.82) is 0 Å². The number of aliphatic carboxylic acids is 1. The van der Waals surface area contributed by atoms with E-state index in [-0.39, 0.29) is 18.9 Å². The molecule has 178 valence electrons. The zero-order chi connectivity index (χ0) is 24.2. The SMILES string of the molecule is O=C(NC(CCSCc1cn2cccnc2n1)C(=O)O)OCC1c2ccccc2-c2ccccc21. The molecule has 2 heterocycles. The number of fused-ring (bicyclic) bond motifs is 4. The molecule has 35 heavy (non-hydrogen) atoms. The molecule has 0 bridgehead atoms. The Balaban J connectivity index is 1.13. The van der Waals surface area contributed by atoms with E-state index >= 15 is 0 Å². The Morgan fingerprint density at radius 1 is 1.09 bits per heavy atom. The van der Waals surface area contributed by atoms with Gasteiger partial charge in [-0.15, -0.1) is 0 Å². The maximum absolute atomic E-state index is 12.5. The minimum atomic E-state index is -1.09. The van der Waals surface area contributed by atoms with Gasteiger partial charge in [-0.1, -0.05) is 48.5 Å². The summed E-state index contributed by atoms with van der Waals surface area (Å²) < 4.78 is 7.33. The van der Waals surface area contributed by atoms with Crippen molar-refractivity contribution >= 4 is 29.6 Å². The smallest absolute Gasteiger partial charge is 0.407 e. The van der Waals surface area contributed by atoms with E-state index in [4.69, 9.17) is 4.74 Å². The number of hydrogen-bond acceptors (Lipinski definition) is 6. The van der Waals surface area contributed by atoms with Gasteiger partial charge in [0.1, 0.15) is 12.6 Å². The van der Waals surface area contributed by atoms with Gasteiger partial charge < -0.3 is 15.2 Å². The second-order valence-electron chi connectivity index (χ2n) is 8.26. The Morgan fingerprint density at radius 2 is 1.80 bits per heavy atom. The Hall–Kier alpha value is -3.85. The molecule has 1 unspecified atom stereocenters. The maximum Gasteiger partial charge on any atom is 0.407 e. The molecule has 2 N–H and O–H groups in total. The van der Waals surface area contributed by atoms with Gasteiger partial charge in [0.15, 0.2) is 0 Å². The molecule has 2 aromatic carbocycles. The summed E-state index contributed by atoms with van der Waals surface area (Å²) in [5, 5.41) is 12.1. The Morgan fingerprint density at radius 3 is 2.49 bits per heavy atom. The molecule has 1 aliphatic carbocycles. The van der Waals surface area contributed by atoms with Crippen LogP contribution in [0.1, 0.15) is 29.2 Å². The Kier molecular flexibility index (Phi) is 6.67. The number of aromatic nitrogens is 3. The van der Waals surface area contributed by atoms with Crippen LogP contribution < -0.4 is 5.32 Å². The van der Waals surface area contributed by atoms with E-state index in [1.807, 2.05) is 59.3 Å². The van der Waals surface area contributed by atoms with Crippen molar-refractivity contribution < 1.29 is 19.4 Å². The monoisotopic (exact) mass is 488 g/mol. The van der Waals surface area contributed by atoms with Crippen LogP contribution in [0.2, 0.25) is 0 Å². The molecule has 2 aromatic heterocycles. The molecule has 0 spiro atoms. The summed E-state index contributed by atoms with van der Waals surface area (Å²) >= 11 is 1.55. The topological polar surface area (TPSA) is 106 Å². The normalized spacial score (nSPS) is 13.3. The molecule has 0 aliphatic heterocycles. The molecule has 5 rings (SSSR count). The van der Waals surface area contributed by atoms with Crippen LogP contribution in [0.5, 0.6) is 0 Å². The van der Waals surface area contributed by atoms with Crippen molar-refractivity contribution in [1.82, 2.24) is 19.7 Å². The van der Waals surface area contributed by atoms with Crippen molar-refractivity contribution in [2.75, 3.05) is 12.4 Å². The molecule has 0 saturated carbocycles. The Bertz CT molecular complexity index is 1290. The van der Waals surface area contributed by atoms with E-state index < -0.39 is 18.1 Å². The first-order valence-corrected chi connectivity index (χ1v) is 12.5. The molecule has 8 nitrogen and oxygen atoms in total. The third-order valence-electron chi connectivity index (χ3n) is 6.02. The first-order chi connectivity index (χ1) is 17.1. The van der Waals surface area contributed by atoms with Crippen molar-refractivity contribution in [3.8, 4) is 11.1 Å². The minimum absolute atomic E-state index is 0.0769. The van der Waals surface area contributed by atoms with Crippen molar-refractivity contribution in [3.05, 3.63) is 90.0 Å². The fraction of sp³-hybridized carbons (Fsp3) is 0.231. The van der Waals surface area contributed by atoms with Gasteiger partial charge >= 0.3 is 12.1 Å². The molecule has 0 saturated heterocycles. The number of imidazole rings is 1. The number of nitrogens with zero attached hydrogens (tertiary/aromatic N) is 3. The predicted octanol–water partition coefficient (Wildman–Crippen LogP) is 4.34. The van der Waals surface area contributed by atoms with Gasteiger partial charge in [-0.25, -0.2) is 19.6 Å². The van der Waals surface area contributed by atoms with Gasteiger partial charge in [0.05, 0.1) is 5.69 Å². The van der Waals surface area contributed by atoms with E-state index in [1.165, 1.54) is 0 Å². The number of thioether (sulfide) groups is 1. The lowest BCUT2D eigenvalue weighted by atomic mass is 9.98. The van der Waals surface area contributed by atoms with E-state index in [0.29, 0.717) is 17.3 Å². The third kappa shape index (κ3) is 5.00.